The summed E-state index contributed by atoms with van der Waals surface area (Å²) < 4.78 is 5.25. The van der Waals surface area contributed by atoms with Gasteiger partial charge >= 0.3 is 0 Å². The molecule has 2 aromatic heterocycles. The highest BCUT2D eigenvalue weighted by molar-refractivity contribution is 7.71. The van der Waals surface area contributed by atoms with Gasteiger partial charge in [0.15, 0.2) is 10.5 Å². The number of nitrogens with one attached hydrogen (secondary N) is 2. The summed E-state index contributed by atoms with van der Waals surface area (Å²) in [6.07, 6.45) is 1.45. The Morgan fingerprint density at radius 2 is 2.27 bits per heavy atom. The van der Waals surface area contributed by atoms with Gasteiger partial charge in [0.25, 0.3) is 5.56 Å². The Balaban J connectivity index is 2.83. The zero-order valence-corrected chi connectivity index (χ0v) is 8.22. The van der Waals surface area contributed by atoms with E-state index in [4.69, 9.17) is 21.9 Å². The fourth-order valence-corrected chi connectivity index (χ4v) is 1.39. The highest BCUT2D eigenvalue weighted by Gasteiger charge is 2.11. The fourth-order valence-electron chi connectivity index (χ4n) is 1.20. The Morgan fingerprint density at radius 1 is 1.47 bits per heavy atom. The molecule has 0 bridgehead atoms. The first-order valence-corrected chi connectivity index (χ1v) is 4.44. The molecule has 5 nitrogen and oxygen atoms in total. The molecule has 2 aromatic rings. The summed E-state index contributed by atoms with van der Waals surface area (Å²) in [6, 6.07) is 5.10. The van der Waals surface area contributed by atoms with Gasteiger partial charge in [-0.15, -0.1) is 0 Å². The Bertz CT molecular complexity index is 631. The van der Waals surface area contributed by atoms with E-state index in [-0.39, 0.29) is 10.3 Å². The molecule has 15 heavy (non-hydrogen) atoms. The molecule has 0 radical (unpaired) electrons. The van der Waals surface area contributed by atoms with Crippen molar-refractivity contribution in [2.24, 2.45) is 0 Å². The highest BCUT2D eigenvalue weighted by Crippen LogP contribution is 2.18. The van der Waals surface area contributed by atoms with E-state index in [0.29, 0.717) is 11.5 Å². The maximum Gasteiger partial charge on any atom is 0.270 e. The van der Waals surface area contributed by atoms with Crippen molar-refractivity contribution in [3.8, 4) is 17.5 Å². The predicted molar refractivity (Wildman–Crippen MR) is 54.7 cm³/mol. The molecule has 0 unspecified atom stereocenters. The van der Waals surface area contributed by atoms with Gasteiger partial charge in [0.05, 0.1) is 6.26 Å². The van der Waals surface area contributed by atoms with Crippen LogP contribution in [0.1, 0.15) is 5.56 Å². The summed E-state index contributed by atoms with van der Waals surface area (Å²) in [5.74, 6) is 0.406. The minimum absolute atomic E-state index is 0.0430. The molecule has 0 aliphatic heterocycles. The molecule has 0 fully saturated rings. The van der Waals surface area contributed by atoms with Crippen LogP contribution in [-0.2, 0) is 0 Å². The van der Waals surface area contributed by atoms with Gasteiger partial charge in [-0.25, -0.2) is 0 Å². The fraction of sp³-hybridized carbons (Fsp3) is 0. The van der Waals surface area contributed by atoms with E-state index in [1.807, 2.05) is 0 Å². The Labute approximate surface area is 89.0 Å². The SMILES string of the molecule is N#Cc1c(-c2ccco2)[nH]c(=S)[nH]c1=O. The molecule has 0 aromatic carbocycles. The van der Waals surface area contributed by atoms with Gasteiger partial charge in [0.1, 0.15) is 17.3 Å². The van der Waals surface area contributed by atoms with E-state index >= 15 is 0 Å². The van der Waals surface area contributed by atoms with Gasteiger partial charge in [-0.1, -0.05) is 0 Å². The van der Waals surface area contributed by atoms with E-state index in [2.05, 4.69) is 9.97 Å². The molecule has 2 rings (SSSR count). The molecule has 0 spiro atoms. The summed E-state index contributed by atoms with van der Waals surface area (Å²) in [4.78, 5) is 16.4. The third kappa shape index (κ3) is 1.60. The highest BCUT2D eigenvalue weighted by atomic mass is 32.1. The first-order valence-electron chi connectivity index (χ1n) is 4.03. The molecule has 0 saturated heterocycles. The Morgan fingerprint density at radius 3 is 2.87 bits per heavy atom. The monoisotopic (exact) mass is 219 g/mol. The number of H-pyrrole nitrogens is 2. The molecule has 0 aliphatic rings. The van der Waals surface area contributed by atoms with Crippen LogP contribution >= 0.6 is 12.2 Å². The lowest BCUT2D eigenvalue weighted by Crippen LogP contribution is -2.13. The molecule has 0 aliphatic carbocycles. The second-order valence-corrected chi connectivity index (χ2v) is 3.16. The molecular formula is C9H5N3O2S. The Kier molecular flexibility index (Phi) is 2.23. The number of rotatable bonds is 1. The first-order chi connectivity index (χ1) is 7.22. The number of aromatic amines is 2. The van der Waals surface area contributed by atoms with Crippen LogP contribution in [0.25, 0.3) is 11.5 Å². The molecule has 2 N–H and O–H groups in total. The van der Waals surface area contributed by atoms with Crippen LogP contribution in [0.2, 0.25) is 0 Å². The van der Waals surface area contributed by atoms with Crippen LogP contribution in [0.4, 0.5) is 0 Å². The van der Waals surface area contributed by atoms with Crippen LogP contribution in [0.15, 0.2) is 27.6 Å². The average molecular weight is 219 g/mol. The van der Waals surface area contributed by atoms with Crippen molar-refractivity contribution in [2.45, 2.75) is 0 Å². The van der Waals surface area contributed by atoms with Gasteiger partial charge in [-0.2, -0.15) is 5.26 Å². The lowest BCUT2D eigenvalue weighted by molar-refractivity contribution is 0.579. The van der Waals surface area contributed by atoms with E-state index in [1.54, 1.807) is 18.2 Å². The molecular weight excluding hydrogens is 214 g/mol. The third-order valence-corrected chi connectivity index (χ3v) is 2.03. The lowest BCUT2D eigenvalue weighted by atomic mass is 10.2. The quantitative estimate of drug-likeness (QED) is 0.713. The van der Waals surface area contributed by atoms with Crippen LogP contribution in [-0.4, -0.2) is 9.97 Å². The van der Waals surface area contributed by atoms with Gasteiger partial charge in [-0.3, -0.25) is 9.78 Å². The standard InChI is InChI=1S/C9H5N3O2S/c10-4-5-7(6-2-1-3-14-6)11-9(15)12-8(5)13/h1-3H,(H2,11,12,13,15). The smallest absolute Gasteiger partial charge is 0.270 e. The summed E-state index contributed by atoms with van der Waals surface area (Å²) in [5, 5.41) is 8.82. The van der Waals surface area contributed by atoms with Gasteiger partial charge in [0, 0.05) is 0 Å². The van der Waals surface area contributed by atoms with Gasteiger partial charge in [-0.05, 0) is 24.4 Å². The third-order valence-electron chi connectivity index (χ3n) is 1.82. The number of aromatic nitrogens is 2. The molecule has 0 atom stereocenters. The van der Waals surface area contributed by atoms with Crippen molar-refractivity contribution in [1.29, 1.82) is 5.26 Å². The zero-order chi connectivity index (χ0) is 10.8. The van der Waals surface area contributed by atoms with Crippen LogP contribution in [0.3, 0.4) is 0 Å². The van der Waals surface area contributed by atoms with Crippen molar-refractivity contribution < 1.29 is 4.42 Å². The Hall–Kier alpha value is -2.13. The van der Waals surface area contributed by atoms with Crippen LogP contribution in [0, 0.1) is 16.1 Å². The van der Waals surface area contributed by atoms with Crippen molar-refractivity contribution in [1.82, 2.24) is 9.97 Å². The molecule has 74 valence electrons. The van der Waals surface area contributed by atoms with E-state index < -0.39 is 5.56 Å². The van der Waals surface area contributed by atoms with Crippen LogP contribution < -0.4 is 5.56 Å². The summed E-state index contributed by atoms with van der Waals surface area (Å²) in [6.45, 7) is 0. The van der Waals surface area contributed by atoms with Crippen molar-refractivity contribution in [2.75, 3.05) is 0 Å². The predicted octanol–water partition coefficient (Wildman–Crippen LogP) is 1.56. The number of nitrogens with zero attached hydrogens (tertiary/aromatic N) is 1. The number of furan rings is 1. The van der Waals surface area contributed by atoms with Crippen molar-refractivity contribution in [3.63, 3.8) is 0 Å². The molecule has 0 saturated carbocycles. The second kappa shape index (κ2) is 3.55. The maximum atomic E-state index is 11.4. The maximum absolute atomic E-state index is 11.4. The summed E-state index contributed by atoms with van der Waals surface area (Å²) >= 11 is 4.81. The van der Waals surface area contributed by atoms with E-state index in [0.717, 1.165) is 0 Å². The zero-order valence-electron chi connectivity index (χ0n) is 7.40. The number of hydrogen-bond donors (Lipinski definition) is 2. The van der Waals surface area contributed by atoms with Crippen molar-refractivity contribution >= 4 is 12.2 Å². The average Bonchev–Trinajstić information content (AvgIpc) is 2.69. The normalized spacial score (nSPS) is 9.80. The molecule has 6 heteroatoms. The summed E-state index contributed by atoms with van der Waals surface area (Å²) in [5.41, 5.74) is -0.262. The number of hydrogen-bond acceptors (Lipinski definition) is 4. The van der Waals surface area contributed by atoms with Gasteiger partial charge < -0.3 is 9.40 Å². The van der Waals surface area contributed by atoms with Gasteiger partial charge in [0.2, 0.25) is 0 Å². The topological polar surface area (TPSA) is 85.6 Å². The lowest BCUT2D eigenvalue weighted by Gasteiger charge is -1.98. The van der Waals surface area contributed by atoms with E-state index in [9.17, 15) is 4.79 Å². The van der Waals surface area contributed by atoms with Crippen molar-refractivity contribution in [3.05, 3.63) is 39.1 Å². The minimum Gasteiger partial charge on any atom is -0.463 e. The first kappa shape index (κ1) is 9.43. The number of nitriles is 1. The minimum atomic E-state index is -0.521. The second-order valence-electron chi connectivity index (χ2n) is 2.75. The molecule has 0 amide bonds. The largest absolute Gasteiger partial charge is 0.463 e. The van der Waals surface area contributed by atoms with E-state index in [1.165, 1.54) is 6.26 Å². The molecule has 2 heterocycles. The summed E-state index contributed by atoms with van der Waals surface area (Å²) in [7, 11) is 0. The van der Waals surface area contributed by atoms with Crippen LogP contribution in [0.5, 0.6) is 0 Å².